The molecule has 1 aliphatic heterocycles. The number of carbonyl (C=O) groups is 2. The summed E-state index contributed by atoms with van der Waals surface area (Å²) in [4.78, 5) is 24.2. The Hall–Kier alpha value is -1.56. The van der Waals surface area contributed by atoms with Crippen molar-refractivity contribution in [1.82, 2.24) is 10.2 Å². The number of hydrogen-bond donors (Lipinski definition) is 2. The molecule has 1 atom stereocenters. The number of allylic oxidation sites excluding steroid dienone is 1. The maximum Gasteiger partial charge on any atom is 0.318 e. The molecule has 6 heteroatoms. The summed E-state index contributed by atoms with van der Waals surface area (Å²) in [6.07, 6.45) is 1.82. The maximum atomic E-state index is 11.9. The fourth-order valence-corrected chi connectivity index (χ4v) is 1.74. The normalized spacial score (nSPS) is 19.2. The summed E-state index contributed by atoms with van der Waals surface area (Å²) < 4.78 is 5.21. The molecule has 1 aliphatic rings. The van der Waals surface area contributed by atoms with Gasteiger partial charge < -0.3 is 20.1 Å². The first-order valence-electron chi connectivity index (χ1n) is 5.98. The molecular weight excluding hydrogens is 236 g/mol. The first-order valence-corrected chi connectivity index (χ1v) is 5.98. The molecule has 1 unspecified atom stereocenters. The zero-order valence-electron chi connectivity index (χ0n) is 10.8. The predicted octanol–water partition coefficient (Wildman–Crippen LogP) is 0.838. The van der Waals surface area contributed by atoms with Crippen molar-refractivity contribution in [3.05, 3.63) is 11.6 Å². The minimum Gasteiger partial charge on any atom is -0.481 e. The van der Waals surface area contributed by atoms with Crippen LogP contribution in [0.3, 0.4) is 0 Å². The number of nitrogens with one attached hydrogen (secondary N) is 1. The van der Waals surface area contributed by atoms with Crippen molar-refractivity contribution in [1.29, 1.82) is 0 Å². The number of carbonyl (C=O) groups excluding carboxylic acids is 1. The summed E-state index contributed by atoms with van der Waals surface area (Å²) in [5, 5.41) is 11.5. The molecule has 0 aromatic heterocycles. The van der Waals surface area contributed by atoms with E-state index in [1.54, 1.807) is 0 Å². The number of morpholine rings is 1. The maximum absolute atomic E-state index is 11.9. The van der Waals surface area contributed by atoms with E-state index in [0.29, 0.717) is 19.7 Å². The second-order valence-electron chi connectivity index (χ2n) is 4.49. The molecule has 0 aromatic carbocycles. The van der Waals surface area contributed by atoms with Crippen LogP contribution in [0, 0.1) is 0 Å². The Morgan fingerprint density at radius 3 is 2.83 bits per heavy atom. The first-order chi connectivity index (χ1) is 8.50. The van der Waals surface area contributed by atoms with Gasteiger partial charge in [0.1, 0.15) is 0 Å². The van der Waals surface area contributed by atoms with Crippen molar-refractivity contribution >= 4 is 12.0 Å². The Kier molecular flexibility index (Phi) is 5.64. The molecule has 1 saturated heterocycles. The smallest absolute Gasteiger partial charge is 0.318 e. The predicted molar refractivity (Wildman–Crippen MR) is 66.4 cm³/mol. The number of rotatable bonds is 4. The number of amides is 2. The van der Waals surface area contributed by atoms with Crippen molar-refractivity contribution in [3.8, 4) is 0 Å². The molecule has 1 fully saturated rings. The van der Waals surface area contributed by atoms with Gasteiger partial charge in [-0.15, -0.1) is 0 Å². The Morgan fingerprint density at radius 1 is 1.50 bits per heavy atom. The largest absolute Gasteiger partial charge is 0.481 e. The summed E-state index contributed by atoms with van der Waals surface area (Å²) in [5.74, 6) is -0.924. The number of urea groups is 1. The number of carboxylic acid groups (broad SMARTS) is 1. The Morgan fingerprint density at radius 2 is 2.22 bits per heavy atom. The lowest BCUT2D eigenvalue weighted by atomic mass is 10.1. The van der Waals surface area contributed by atoms with E-state index >= 15 is 0 Å². The van der Waals surface area contributed by atoms with Crippen LogP contribution in [0.1, 0.15) is 20.3 Å². The van der Waals surface area contributed by atoms with Crippen LogP contribution in [0.4, 0.5) is 4.79 Å². The van der Waals surface area contributed by atoms with E-state index in [1.165, 1.54) is 4.90 Å². The summed E-state index contributed by atoms with van der Waals surface area (Å²) in [7, 11) is 0. The number of hydrogen-bond acceptors (Lipinski definition) is 3. The molecule has 2 N–H and O–H groups in total. The van der Waals surface area contributed by atoms with Crippen LogP contribution in [0.5, 0.6) is 0 Å². The number of nitrogens with zero attached hydrogens (tertiary/aromatic N) is 1. The molecule has 0 saturated carbocycles. The molecule has 0 spiro atoms. The van der Waals surface area contributed by atoms with Gasteiger partial charge in [0.15, 0.2) is 0 Å². The molecule has 6 nitrogen and oxygen atoms in total. The average Bonchev–Trinajstić information content (AvgIpc) is 2.28. The van der Waals surface area contributed by atoms with Gasteiger partial charge in [-0.3, -0.25) is 4.79 Å². The SMILES string of the molecule is CC(C)=CCNC(=O)N1CCOCC1CC(=O)O. The second-order valence-corrected chi connectivity index (χ2v) is 4.49. The second kappa shape index (κ2) is 7.00. The number of aliphatic carboxylic acids is 1. The van der Waals surface area contributed by atoms with Gasteiger partial charge in [0.25, 0.3) is 0 Å². The highest BCUT2D eigenvalue weighted by molar-refractivity contribution is 5.76. The fraction of sp³-hybridized carbons (Fsp3) is 0.667. The van der Waals surface area contributed by atoms with Crippen molar-refractivity contribution in [2.24, 2.45) is 0 Å². The summed E-state index contributed by atoms with van der Waals surface area (Å²) in [6.45, 7) is 5.52. The molecule has 0 aliphatic carbocycles. The number of ether oxygens (including phenoxy) is 1. The highest BCUT2D eigenvalue weighted by atomic mass is 16.5. The summed E-state index contributed by atoms with van der Waals surface area (Å²) in [6, 6.07) is -0.620. The van der Waals surface area contributed by atoms with Crippen LogP contribution in [0.25, 0.3) is 0 Å². The van der Waals surface area contributed by atoms with Crippen LogP contribution >= 0.6 is 0 Å². The van der Waals surface area contributed by atoms with E-state index in [1.807, 2.05) is 19.9 Å². The highest BCUT2D eigenvalue weighted by Gasteiger charge is 2.28. The first kappa shape index (κ1) is 14.5. The van der Waals surface area contributed by atoms with Gasteiger partial charge in [0, 0.05) is 13.1 Å². The van der Waals surface area contributed by atoms with E-state index in [4.69, 9.17) is 9.84 Å². The minimum absolute atomic E-state index is 0.0872. The molecule has 0 aromatic rings. The van der Waals surface area contributed by atoms with E-state index in [0.717, 1.165) is 5.57 Å². The van der Waals surface area contributed by atoms with E-state index in [9.17, 15) is 9.59 Å². The zero-order valence-corrected chi connectivity index (χ0v) is 10.8. The van der Waals surface area contributed by atoms with Gasteiger partial charge in [-0.25, -0.2) is 4.79 Å². The lowest BCUT2D eigenvalue weighted by Gasteiger charge is -2.34. The molecule has 2 amide bonds. The minimum atomic E-state index is -0.924. The van der Waals surface area contributed by atoms with Gasteiger partial charge in [-0.1, -0.05) is 11.6 Å². The van der Waals surface area contributed by atoms with Gasteiger partial charge in [-0.05, 0) is 13.8 Å². The van der Waals surface area contributed by atoms with Gasteiger partial charge in [0.05, 0.1) is 25.7 Å². The lowest BCUT2D eigenvalue weighted by Crippen LogP contribution is -2.53. The molecule has 0 bridgehead atoms. The third-order valence-corrected chi connectivity index (χ3v) is 2.66. The fourth-order valence-electron chi connectivity index (χ4n) is 1.74. The molecular formula is C12H20N2O4. The standard InChI is InChI=1S/C12H20N2O4/c1-9(2)3-4-13-12(17)14-5-6-18-8-10(14)7-11(15)16/h3,10H,4-8H2,1-2H3,(H,13,17)(H,15,16). The van der Waals surface area contributed by atoms with Crippen LogP contribution in [0.2, 0.25) is 0 Å². The summed E-state index contributed by atoms with van der Waals surface area (Å²) >= 11 is 0. The van der Waals surface area contributed by atoms with E-state index in [-0.39, 0.29) is 25.1 Å². The molecule has 18 heavy (non-hydrogen) atoms. The lowest BCUT2D eigenvalue weighted by molar-refractivity contribution is -0.139. The van der Waals surface area contributed by atoms with Crippen molar-refractivity contribution in [2.75, 3.05) is 26.3 Å². The van der Waals surface area contributed by atoms with Crippen LogP contribution < -0.4 is 5.32 Å². The highest BCUT2D eigenvalue weighted by Crippen LogP contribution is 2.10. The van der Waals surface area contributed by atoms with Crippen LogP contribution in [-0.4, -0.2) is 54.4 Å². The molecule has 1 rings (SSSR count). The Bertz CT molecular complexity index is 337. The molecule has 102 valence electrons. The average molecular weight is 256 g/mol. The zero-order chi connectivity index (χ0) is 13.5. The quantitative estimate of drug-likeness (QED) is 0.730. The van der Waals surface area contributed by atoms with Crippen molar-refractivity contribution in [3.63, 3.8) is 0 Å². The topological polar surface area (TPSA) is 78.9 Å². The molecule has 0 radical (unpaired) electrons. The van der Waals surface area contributed by atoms with E-state index in [2.05, 4.69) is 5.32 Å². The molecule has 1 heterocycles. The van der Waals surface area contributed by atoms with Crippen LogP contribution in [0.15, 0.2) is 11.6 Å². The van der Waals surface area contributed by atoms with Gasteiger partial charge >= 0.3 is 12.0 Å². The van der Waals surface area contributed by atoms with Gasteiger partial charge in [-0.2, -0.15) is 0 Å². The van der Waals surface area contributed by atoms with Crippen molar-refractivity contribution in [2.45, 2.75) is 26.3 Å². The third-order valence-electron chi connectivity index (χ3n) is 2.66. The Balaban J connectivity index is 2.51. The third kappa shape index (κ3) is 4.75. The van der Waals surface area contributed by atoms with Crippen molar-refractivity contribution < 1.29 is 19.4 Å². The monoisotopic (exact) mass is 256 g/mol. The number of carboxylic acids is 1. The van der Waals surface area contributed by atoms with E-state index < -0.39 is 5.97 Å². The van der Waals surface area contributed by atoms with Gasteiger partial charge in [0.2, 0.25) is 0 Å². The van der Waals surface area contributed by atoms with Crippen LogP contribution in [-0.2, 0) is 9.53 Å². The Labute approximate surface area is 107 Å². The summed E-state index contributed by atoms with van der Waals surface area (Å²) in [5.41, 5.74) is 1.12.